The summed E-state index contributed by atoms with van der Waals surface area (Å²) in [7, 11) is -6.00. The standard InChI is InChI=1S/C30H26Cl2N.BF4/c1-19-13-15-22-26(17-19)33(21-9-6-5-7-10-21)27-18-20(30(2,3)4)14-16-23(27)28(22)29-24(31)11-8-12-25(29)32;2-1(3,4)5/h5-18H,1-4H3;/q+1;-1. The quantitative estimate of drug-likeness (QED) is 0.0879. The van der Waals surface area contributed by atoms with E-state index in [1.54, 1.807) is 0 Å². The third kappa shape index (κ3) is 5.97. The summed E-state index contributed by atoms with van der Waals surface area (Å²) in [5, 5.41) is 3.56. The van der Waals surface area contributed by atoms with Crippen LogP contribution in [0.2, 0.25) is 10.0 Å². The molecule has 0 unspecified atom stereocenters. The van der Waals surface area contributed by atoms with Crippen molar-refractivity contribution < 1.29 is 21.8 Å². The molecule has 1 nitrogen and oxygen atoms in total. The molecule has 5 aromatic rings. The summed E-state index contributed by atoms with van der Waals surface area (Å²) in [4.78, 5) is 0. The van der Waals surface area contributed by atoms with Gasteiger partial charge in [-0.25, -0.2) is 0 Å². The van der Waals surface area contributed by atoms with Crippen molar-refractivity contribution in [2.24, 2.45) is 0 Å². The molecule has 8 heteroatoms. The first kappa shape index (κ1) is 27.9. The summed E-state index contributed by atoms with van der Waals surface area (Å²) in [5.74, 6) is 0. The number of para-hydroxylation sites is 1. The molecule has 1 heterocycles. The number of nitrogens with zero attached hydrogens (tertiary/aromatic N) is 1. The van der Waals surface area contributed by atoms with E-state index in [2.05, 4.69) is 99.0 Å². The van der Waals surface area contributed by atoms with Gasteiger partial charge in [-0.15, -0.1) is 0 Å². The number of fused-ring (bicyclic) bond motifs is 2. The molecule has 0 aliphatic heterocycles. The van der Waals surface area contributed by atoms with Gasteiger partial charge in [-0.05, 0) is 47.7 Å². The zero-order chi connectivity index (χ0) is 27.8. The van der Waals surface area contributed by atoms with E-state index in [0.717, 1.165) is 38.6 Å². The van der Waals surface area contributed by atoms with Crippen LogP contribution in [0, 0.1) is 6.92 Å². The van der Waals surface area contributed by atoms with Gasteiger partial charge in [0.2, 0.25) is 16.7 Å². The zero-order valence-electron chi connectivity index (χ0n) is 21.4. The topological polar surface area (TPSA) is 3.88 Å². The maximum absolute atomic E-state index is 9.75. The number of aryl methyl sites for hydroxylation is 1. The molecule has 0 saturated heterocycles. The van der Waals surface area contributed by atoms with Gasteiger partial charge in [-0.1, -0.05) is 80.4 Å². The van der Waals surface area contributed by atoms with Gasteiger partial charge in [-0.3, -0.25) is 0 Å². The number of benzene rings is 4. The van der Waals surface area contributed by atoms with Crippen molar-refractivity contribution in [3.05, 3.63) is 106 Å². The van der Waals surface area contributed by atoms with E-state index in [-0.39, 0.29) is 5.41 Å². The third-order valence-corrected chi connectivity index (χ3v) is 6.89. The van der Waals surface area contributed by atoms with Crippen LogP contribution in [0.25, 0.3) is 38.6 Å². The van der Waals surface area contributed by atoms with E-state index >= 15 is 0 Å². The van der Waals surface area contributed by atoms with Crippen molar-refractivity contribution in [2.45, 2.75) is 33.1 Å². The van der Waals surface area contributed by atoms with Crippen LogP contribution in [0.4, 0.5) is 17.3 Å². The highest BCUT2D eigenvalue weighted by Crippen LogP contribution is 2.43. The Labute approximate surface area is 229 Å². The van der Waals surface area contributed by atoms with Crippen LogP contribution in [0.3, 0.4) is 0 Å². The predicted molar refractivity (Wildman–Crippen MR) is 152 cm³/mol. The molecule has 1 aromatic heterocycles. The smallest absolute Gasteiger partial charge is 0.418 e. The van der Waals surface area contributed by atoms with Crippen LogP contribution in [-0.2, 0) is 5.41 Å². The number of pyridine rings is 1. The predicted octanol–water partition coefficient (Wildman–Crippen LogP) is 10.1. The van der Waals surface area contributed by atoms with Gasteiger partial charge in [0.1, 0.15) is 0 Å². The van der Waals surface area contributed by atoms with Gasteiger partial charge < -0.3 is 17.3 Å². The van der Waals surface area contributed by atoms with Crippen molar-refractivity contribution in [3.63, 3.8) is 0 Å². The lowest BCUT2D eigenvalue weighted by atomic mass is 9.85. The zero-order valence-corrected chi connectivity index (χ0v) is 22.9. The molecule has 0 aliphatic rings. The number of hydrogen-bond acceptors (Lipinski definition) is 0. The van der Waals surface area contributed by atoms with E-state index in [0.29, 0.717) is 10.0 Å². The second kappa shape index (κ2) is 10.6. The lowest BCUT2D eigenvalue weighted by Gasteiger charge is -2.20. The van der Waals surface area contributed by atoms with Crippen molar-refractivity contribution in [3.8, 4) is 16.8 Å². The molecule has 0 spiro atoms. The average Bonchev–Trinajstić information content (AvgIpc) is 2.82. The van der Waals surface area contributed by atoms with Crippen LogP contribution < -0.4 is 4.57 Å². The van der Waals surface area contributed by atoms with Crippen molar-refractivity contribution >= 4 is 52.3 Å². The molecular formula is C30H26BCl2F4N. The largest absolute Gasteiger partial charge is 0.673 e. The fraction of sp³-hybridized carbons (Fsp3) is 0.167. The molecule has 0 aliphatic carbocycles. The summed E-state index contributed by atoms with van der Waals surface area (Å²) < 4.78 is 41.4. The number of rotatable bonds is 2. The number of halogens is 6. The Morgan fingerprint density at radius 2 is 1.18 bits per heavy atom. The number of aromatic nitrogens is 1. The molecule has 4 aromatic carbocycles. The summed E-state index contributed by atoms with van der Waals surface area (Å²) in [6, 6.07) is 29.6. The maximum atomic E-state index is 9.75. The first-order valence-electron chi connectivity index (χ1n) is 12.1. The van der Waals surface area contributed by atoms with Crippen LogP contribution in [0.15, 0.2) is 84.9 Å². The second-order valence-electron chi connectivity index (χ2n) is 10.1. The van der Waals surface area contributed by atoms with Gasteiger partial charge in [0.15, 0.2) is 0 Å². The molecule has 0 radical (unpaired) electrons. The second-order valence-corrected chi connectivity index (χ2v) is 11.0. The average molecular weight is 558 g/mol. The highest BCUT2D eigenvalue weighted by molar-refractivity contribution is 6.50. The summed E-state index contributed by atoms with van der Waals surface area (Å²) in [6.45, 7) is 8.88. The minimum atomic E-state index is -6.00. The molecule has 5 rings (SSSR count). The fourth-order valence-electron chi connectivity index (χ4n) is 4.57. The Hall–Kier alpha value is -3.09. The van der Waals surface area contributed by atoms with E-state index in [4.69, 9.17) is 23.2 Å². The summed E-state index contributed by atoms with van der Waals surface area (Å²) in [6.07, 6.45) is 0. The van der Waals surface area contributed by atoms with Crippen LogP contribution in [-0.4, -0.2) is 7.25 Å². The van der Waals surface area contributed by atoms with E-state index in [9.17, 15) is 17.3 Å². The minimum Gasteiger partial charge on any atom is -0.418 e. The molecule has 196 valence electrons. The van der Waals surface area contributed by atoms with Gasteiger partial charge in [0, 0.05) is 45.4 Å². The van der Waals surface area contributed by atoms with Crippen molar-refractivity contribution in [1.82, 2.24) is 0 Å². The first-order valence-corrected chi connectivity index (χ1v) is 12.8. The Morgan fingerprint density at radius 3 is 1.74 bits per heavy atom. The lowest BCUT2D eigenvalue weighted by Crippen LogP contribution is -2.33. The van der Waals surface area contributed by atoms with Crippen LogP contribution in [0.5, 0.6) is 0 Å². The highest BCUT2D eigenvalue weighted by atomic mass is 35.5. The Balaban J connectivity index is 0.000000617. The van der Waals surface area contributed by atoms with E-state index in [1.165, 1.54) is 11.1 Å². The van der Waals surface area contributed by atoms with Gasteiger partial charge in [0.05, 0.1) is 10.8 Å². The molecule has 0 saturated carbocycles. The minimum absolute atomic E-state index is 0.0203. The van der Waals surface area contributed by atoms with Gasteiger partial charge in [-0.2, -0.15) is 4.57 Å². The Kier molecular flexibility index (Phi) is 7.78. The Morgan fingerprint density at radius 1 is 0.658 bits per heavy atom. The van der Waals surface area contributed by atoms with Crippen LogP contribution in [0.1, 0.15) is 31.9 Å². The van der Waals surface area contributed by atoms with E-state index in [1.807, 2.05) is 18.2 Å². The molecular weight excluding hydrogens is 532 g/mol. The first-order chi connectivity index (χ1) is 17.8. The summed E-state index contributed by atoms with van der Waals surface area (Å²) >= 11 is 13.5. The molecule has 0 bridgehead atoms. The molecule has 0 fully saturated rings. The van der Waals surface area contributed by atoms with Gasteiger partial charge in [0.25, 0.3) is 0 Å². The van der Waals surface area contributed by atoms with Crippen molar-refractivity contribution in [2.75, 3.05) is 0 Å². The third-order valence-electron chi connectivity index (χ3n) is 6.26. The Bertz CT molecular complexity index is 1600. The normalized spacial score (nSPS) is 11.9. The highest BCUT2D eigenvalue weighted by Gasteiger charge is 2.27. The molecule has 0 amide bonds. The van der Waals surface area contributed by atoms with Crippen LogP contribution >= 0.6 is 23.2 Å². The van der Waals surface area contributed by atoms with Crippen molar-refractivity contribution in [1.29, 1.82) is 0 Å². The summed E-state index contributed by atoms with van der Waals surface area (Å²) in [5.41, 5.74) is 7.85. The fourth-order valence-corrected chi connectivity index (χ4v) is 5.16. The maximum Gasteiger partial charge on any atom is 0.673 e. The molecule has 0 N–H and O–H groups in total. The lowest BCUT2D eigenvalue weighted by molar-refractivity contribution is -0.538. The number of hydrogen-bond donors (Lipinski definition) is 0. The SMILES string of the molecule is Cc1ccc2c(-c3c(Cl)cccc3Cl)c3ccc(C(C)(C)C)cc3[n+](-c3ccccc3)c2c1.F[B-](F)(F)F. The molecule has 0 atom stereocenters. The molecule has 38 heavy (non-hydrogen) atoms. The van der Waals surface area contributed by atoms with E-state index < -0.39 is 7.25 Å². The van der Waals surface area contributed by atoms with Gasteiger partial charge >= 0.3 is 7.25 Å². The monoisotopic (exact) mass is 557 g/mol.